The van der Waals surface area contributed by atoms with Gasteiger partial charge in [0.25, 0.3) is 0 Å². The highest BCUT2D eigenvalue weighted by molar-refractivity contribution is 7.15. The van der Waals surface area contributed by atoms with Crippen LogP contribution in [0.3, 0.4) is 0 Å². The Kier molecular flexibility index (Phi) is 2.52. The van der Waals surface area contributed by atoms with E-state index in [1.165, 1.54) is 4.88 Å². The van der Waals surface area contributed by atoms with Crippen LogP contribution in [-0.2, 0) is 0 Å². The molecule has 0 saturated carbocycles. The predicted octanol–water partition coefficient (Wildman–Crippen LogP) is 3.68. The summed E-state index contributed by atoms with van der Waals surface area (Å²) in [5.41, 5.74) is 2.55. The van der Waals surface area contributed by atoms with E-state index >= 15 is 0 Å². The SMILES string of the molecule is Cc1cc(-c2ncc(C)s2)c2cccc(O)c2n1. The smallest absolute Gasteiger partial charge is 0.141 e. The van der Waals surface area contributed by atoms with Crippen molar-refractivity contribution in [3.05, 3.63) is 41.0 Å². The van der Waals surface area contributed by atoms with Gasteiger partial charge in [0.15, 0.2) is 0 Å². The second-order valence-electron chi connectivity index (χ2n) is 4.26. The van der Waals surface area contributed by atoms with Gasteiger partial charge in [-0.1, -0.05) is 12.1 Å². The Balaban J connectivity index is 2.38. The zero-order valence-electron chi connectivity index (χ0n) is 10.1. The Morgan fingerprint density at radius 2 is 2.06 bits per heavy atom. The average Bonchev–Trinajstić information content (AvgIpc) is 2.76. The van der Waals surface area contributed by atoms with Gasteiger partial charge in [0, 0.05) is 27.7 Å². The van der Waals surface area contributed by atoms with Gasteiger partial charge in [-0.15, -0.1) is 11.3 Å². The molecule has 4 heteroatoms. The number of benzene rings is 1. The fourth-order valence-electron chi connectivity index (χ4n) is 2.02. The third-order valence-electron chi connectivity index (χ3n) is 2.80. The molecule has 0 aliphatic carbocycles. The molecule has 0 amide bonds. The lowest BCUT2D eigenvalue weighted by molar-refractivity contribution is 0.480. The molecule has 0 atom stereocenters. The van der Waals surface area contributed by atoms with Crippen molar-refractivity contribution < 1.29 is 5.11 Å². The molecule has 18 heavy (non-hydrogen) atoms. The molecule has 0 radical (unpaired) electrons. The van der Waals surface area contributed by atoms with Crippen molar-refractivity contribution in [2.45, 2.75) is 13.8 Å². The number of aromatic nitrogens is 2. The number of pyridine rings is 1. The molecule has 3 nitrogen and oxygen atoms in total. The van der Waals surface area contributed by atoms with Crippen LogP contribution in [-0.4, -0.2) is 15.1 Å². The summed E-state index contributed by atoms with van der Waals surface area (Å²) >= 11 is 1.65. The van der Waals surface area contributed by atoms with Gasteiger partial charge in [0.05, 0.1) is 0 Å². The summed E-state index contributed by atoms with van der Waals surface area (Å²) in [5.74, 6) is 0.214. The number of aryl methyl sites for hydroxylation is 2. The van der Waals surface area contributed by atoms with E-state index in [9.17, 15) is 5.11 Å². The molecule has 0 aliphatic heterocycles. The monoisotopic (exact) mass is 256 g/mol. The first kappa shape index (κ1) is 11.2. The number of phenols is 1. The van der Waals surface area contributed by atoms with Gasteiger partial charge in [-0.25, -0.2) is 9.97 Å². The first-order valence-electron chi connectivity index (χ1n) is 5.67. The number of para-hydroxylation sites is 1. The minimum atomic E-state index is 0.214. The van der Waals surface area contributed by atoms with Crippen molar-refractivity contribution >= 4 is 22.2 Å². The molecule has 2 aromatic heterocycles. The summed E-state index contributed by atoms with van der Waals surface area (Å²) in [6, 6.07) is 7.47. The Bertz CT molecular complexity index is 734. The molecule has 2 heterocycles. The van der Waals surface area contributed by atoms with E-state index in [1.54, 1.807) is 17.4 Å². The Labute approximate surface area is 109 Å². The van der Waals surface area contributed by atoms with E-state index in [2.05, 4.69) is 9.97 Å². The van der Waals surface area contributed by atoms with E-state index in [1.807, 2.05) is 38.2 Å². The van der Waals surface area contributed by atoms with E-state index in [0.29, 0.717) is 5.52 Å². The van der Waals surface area contributed by atoms with Crippen LogP contribution in [0.4, 0.5) is 0 Å². The molecule has 1 aromatic carbocycles. The topological polar surface area (TPSA) is 46.0 Å². The summed E-state index contributed by atoms with van der Waals surface area (Å²) in [5, 5.41) is 11.8. The molecule has 90 valence electrons. The molecule has 0 aliphatic rings. The third kappa shape index (κ3) is 1.75. The number of thiazole rings is 1. The Morgan fingerprint density at radius 1 is 1.22 bits per heavy atom. The predicted molar refractivity (Wildman–Crippen MR) is 74.0 cm³/mol. The number of rotatable bonds is 1. The van der Waals surface area contributed by atoms with Crippen LogP contribution in [0.2, 0.25) is 0 Å². The largest absolute Gasteiger partial charge is 0.506 e. The first-order valence-corrected chi connectivity index (χ1v) is 6.49. The summed E-state index contributed by atoms with van der Waals surface area (Å²) < 4.78 is 0. The quantitative estimate of drug-likeness (QED) is 0.722. The van der Waals surface area contributed by atoms with E-state index in [-0.39, 0.29) is 5.75 Å². The van der Waals surface area contributed by atoms with Crippen LogP contribution in [0.15, 0.2) is 30.5 Å². The van der Waals surface area contributed by atoms with Crippen LogP contribution in [0.25, 0.3) is 21.5 Å². The van der Waals surface area contributed by atoms with Crippen LogP contribution in [0.1, 0.15) is 10.6 Å². The second kappa shape index (κ2) is 4.07. The molecule has 3 aromatic rings. The highest BCUT2D eigenvalue weighted by Gasteiger charge is 2.11. The minimum Gasteiger partial charge on any atom is -0.506 e. The molecular formula is C14H12N2OS. The molecule has 3 rings (SSSR count). The summed E-state index contributed by atoms with van der Waals surface area (Å²) in [6.45, 7) is 3.96. The van der Waals surface area contributed by atoms with Gasteiger partial charge in [0.2, 0.25) is 0 Å². The molecule has 0 bridgehead atoms. The summed E-state index contributed by atoms with van der Waals surface area (Å²) in [6.07, 6.45) is 1.87. The maximum atomic E-state index is 9.89. The molecule has 0 spiro atoms. The Morgan fingerprint density at radius 3 is 2.78 bits per heavy atom. The van der Waals surface area contributed by atoms with Crippen LogP contribution < -0.4 is 0 Å². The van der Waals surface area contributed by atoms with Gasteiger partial charge in [-0.3, -0.25) is 0 Å². The first-order chi connectivity index (χ1) is 8.65. The fourth-order valence-corrected chi connectivity index (χ4v) is 2.81. The maximum Gasteiger partial charge on any atom is 0.141 e. The van der Waals surface area contributed by atoms with Gasteiger partial charge < -0.3 is 5.11 Å². The number of nitrogens with zero attached hydrogens (tertiary/aromatic N) is 2. The van der Waals surface area contributed by atoms with Crippen molar-refractivity contribution in [2.24, 2.45) is 0 Å². The molecule has 0 fully saturated rings. The number of phenolic OH excluding ortho intramolecular Hbond substituents is 1. The number of fused-ring (bicyclic) bond motifs is 1. The van der Waals surface area contributed by atoms with Crippen molar-refractivity contribution in [3.8, 4) is 16.3 Å². The van der Waals surface area contributed by atoms with Crippen LogP contribution in [0, 0.1) is 13.8 Å². The van der Waals surface area contributed by atoms with Crippen LogP contribution in [0.5, 0.6) is 5.75 Å². The molecule has 0 saturated heterocycles. The van der Waals surface area contributed by atoms with Crippen LogP contribution >= 0.6 is 11.3 Å². The zero-order valence-corrected chi connectivity index (χ0v) is 11.0. The summed E-state index contributed by atoms with van der Waals surface area (Å²) in [4.78, 5) is 9.98. The number of hydrogen-bond acceptors (Lipinski definition) is 4. The Hall–Kier alpha value is -1.94. The van der Waals surface area contributed by atoms with E-state index < -0.39 is 0 Å². The minimum absolute atomic E-state index is 0.214. The third-order valence-corrected chi connectivity index (χ3v) is 3.74. The lowest BCUT2D eigenvalue weighted by Gasteiger charge is -2.06. The van der Waals surface area contributed by atoms with Gasteiger partial charge >= 0.3 is 0 Å². The van der Waals surface area contributed by atoms with Gasteiger partial charge in [-0.2, -0.15) is 0 Å². The van der Waals surface area contributed by atoms with E-state index in [0.717, 1.165) is 21.7 Å². The lowest BCUT2D eigenvalue weighted by Crippen LogP contribution is -1.88. The lowest BCUT2D eigenvalue weighted by atomic mass is 10.1. The van der Waals surface area contributed by atoms with E-state index in [4.69, 9.17) is 0 Å². The fraction of sp³-hybridized carbons (Fsp3) is 0.143. The highest BCUT2D eigenvalue weighted by atomic mass is 32.1. The van der Waals surface area contributed by atoms with Crippen molar-refractivity contribution in [1.29, 1.82) is 0 Å². The standard InChI is InChI=1S/C14H12N2OS/c1-8-6-11(14-15-7-9(2)18-14)10-4-3-5-12(17)13(10)16-8/h3-7,17H,1-2H3. The molecule has 1 N–H and O–H groups in total. The zero-order chi connectivity index (χ0) is 12.7. The average molecular weight is 256 g/mol. The van der Waals surface area contributed by atoms with Crippen molar-refractivity contribution in [1.82, 2.24) is 9.97 Å². The van der Waals surface area contributed by atoms with Crippen molar-refractivity contribution in [3.63, 3.8) is 0 Å². The molecule has 0 unspecified atom stereocenters. The highest BCUT2D eigenvalue weighted by Crippen LogP contribution is 2.34. The second-order valence-corrected chi connectivity index (χ2v) is 5.50. The van der Waals surface area contributed by atoms with Gasteiger partial charge in [0.1, 0.15) is 16.3 Å². The molecular weight excluding hydrogens is 244 g/mol. The number of hydrogen-bond donors (Lipinski definition) is 1. The van der Waals surface area contributed by atoms with Crippen molar-refractivity contribution in [2.75, 3.05) is 0 Å². The number of aromatic hydroxyl groups is 1. The van der Waals surface area contributed by atoms with Gasteiger partial charge in [-0.05, 0) is 26.0 Å². The normalized spacial score (nSPS) is 11.0. The maximum absolute atomic E-state index is 9.89. The summed E-state index contributed by atoms with van der Waals surface area (Å²) in [7, 11) is 0.